The van der Waals surface area contributed by atoms with Gasteiger partial charge in [-0.25, -0.2) is 0 Å². The standard InChI is InChI=1S/C18H17NO/c1-3-7-17(8-4-1)20-18-11-9-16(10-12-18)15-19-13-5-2-6-14-19/h1-13H,14-15H2. The summed E-state index contributed by atoms with van der Waals surface area (Å²) >= 11 is 0. The molecule has 2 heteroatoms. The van der Waals surface area contributed by atoms with Gasteiger partial charge in [0.2, 0.25) is 0 Å². The molecule has 0 N–H and O–H groups in total. The Kier molecular flexibility index (Phi) is 3.83. The monoisotopic (exact) mass is 263 g/mol. The van der Waals surface area contributed by atoms with Crippen molar-refractivity contribution in [1.29, 1.82) is 0 Å². The molecule has 100 valence electrons. The lowest BCUT2D eigenvalue weighted by Gasteiger charge is -2.20. The third kappa shape index (κ3) is 3.29. The largest absolute Gasteiger partial charge is 0.457 e. The SMILES string of the molecule is C1=CCN(Cc2ccc(Oc3ccccc3)cc2)C=C1. The minimum absolute atomic E-state index is 0.865. The molecule has 3 rings (SSSR count). The molecule has 2 aromatic rings. The summed E-state index contributed by atoms with van der Waals surface area (Å²) in [6.07, 6.45) is 8.42. The average Bonchev–Trinajstić information content (AvgIpc) is 2.51. The van der Waals surface area contributed by atoms with Gasteiger partial charge in [-0.15, -0.1) is 0 Å². The van der Waals surface area contributed by atoms with E-state index in [-0.39, 0.29) is 0 Å². The van der Waals surface area contributed by atoms with E-state index in [2.05, 4.69) is 41.5 Å². The Morgan fingerprint density at radius 2 is 1.60 bits per heavy atom. The number of rotatable bonds is 4. The van der Waals surface area contributed by atoms with E-state index in [4.69, 9.17) is 4.74 Å². The molecule has 0 saturated carbocycles. The number of para-hydroxylation sites is 1. The summed E-state index contributed by atoms with van der Waals surface area (Å²) in [4.78, 5) is 2.27. The number of nitrogens with zero attached hydrogens (tertiary/aromatic N) is 1. The van der Waals surface area contributed by atoms with Gasteiger partial charge < -0.3 is 9.64 Å². The second-order valence-corrected chi connectivity index (χ2v) is 4.76. The first-order chi connectivity index (χ1) is 9.90. The van der Waals surface area contributed by atoms with Gasteiger partial charge in [-0.05, 0) is 42.1 Å². The number of allylic oxidation sites excluding steroid dienone is 2. The van der Waals surface area contributed by atoms with Gasteiger partial charge in [-0.2, -0.15) is 0 Å². The van der Waals surface area contributed by atoms with Gasteiger partial charge in [0.15, 0.2) is 0 Å². The maximum absolute atomic E-state index is 5.78. The minimum atomic E-state index is 0.865. The fraction of sp³-hybridized carbons (Fsp3) is 0.111. The van der Waals surface area contributed by atoms with E-state index >= 15 is 0 Å². The van der Waals surface area contributed by atoms with Crippen molar-refractivity contribution >= 4 is 0 Å². The average molecular weight is 263 g/mol. The van der Waals surface area contributed by atoms with Crippen LogP contribution in [-0.4, -0.2) is 11.4 Å². The molecule has 0 unspecified atom stereocenters. The predicted molar refractivity (Wildman–Crippen MR) is 81.6 cm³/mol. The van der Waals surface area contributed by atoms with Gasteiger partial charge in [-0.3, -0.25) is 0 Å². The van der Waals surface area contributed by atoms with Crippen LogP contribution < -0.4 is 4.74 Å². The molecule has 0 bridgehead atoms. The molecule has 1 aliphatic heterocycles. The molecule has 0 aliphatic carbocycles. The molecule has 1 aliphatic rings. The minimum Gasteiger partial charge on any atom is -0.457 e. The van der Waals surface area contributed by atoms with Crippen molar-refractivity contribution in [2.24, 2.45) is 0 Å². The number of hydrogen-bond acceptors (Lipinski definition) is 2. The third-order valence-corrected chi connectivity index (χ3v) is 3.17. The zero-order chi connectivity index (χ0) is 13.6. The van der Waals surface area contributed by atoms with Crippen LogP contribution in [0.5, 0.6) is 11.5 Å². The van der Waals surface area contributed by atoms with E-state index in [9.17, 15) is 0 Å². The Bertz CT molecular complexity index is 599. The number of hydrogen-bond donors (Lipinski definition) is 0. The van der Waals surface area contributed by atoms with Gasteiger partial charge in [0.1, 0.15) is 11.5 Å². The maximum atomic E-state index is 5.78. The summed E-state index contributed by atoms with van der Waals surface area (Å²) in [5, 5.41) is 0. The lowest BCUT2D eigenvalue weighted by molar-refractivity contribution is 0.405. The Labute approximate surface area is 119 Å². The highest BCUT2D eigenvalue weighted by Crippen LogP contribution is 2.21. The van der Waals surface area contributed by atoms with Crippen LogP contribution in [0, 0.1) is 0 Å². The molecular formula is C18H17NO. The summed E-state index contributed by atoms with van der Waals surface area (Å²) in [6.45, 7) is 1.89. The predicted octanol–water partition coefficient (Wildman–Crippen LogP) is 4.36. The Balaban J connectivity index is 1.62. The summed E-state index contributed by atoms with van der Waals surface area (Å²) in [5.74, 6) is 1.73. The summed E-state index contributed by atoms with van der Waals surface area (Å²) in [7, 11) is 0. The molecule has 20 heavy (non-hydrogen) atoms. The molecule has 2 nitrogen and oxygen atoms in total. The van der Waals surface area contributed by atoms with E-state index in [0.29, 0.717) is 0 Å². The maximum Gasteiger partial charge on any atom is 0.127 e. The molecule has 0 saturated heterocycles. The van der Waals surface area contributed by atoms with Crippen molar-refractivity contribution < 1.29 is 4.74 Å². The first-order valence-corrected chi connectivity index (χ1v) is 6.79. The lowest BCUT2D eigenvalue weighted by Crippen LogP contribution is -2.17. The van der Waals surface area contributed by atoms with Crippen molar-refractivity contribution in [3.8, 4) is 11.5 Å². The molecule has 0 spiro atoms. The van der Waals surface area contributed by atoms with Crippen LogP contribution in [-0.2, 0) is 6.54 Å². The first-order valence-electron chi connectivity index (χ1n) is 6.79. The highest BCUT2D eigenvalue weighted by molar-refractivity contribution is 5.33. The van der Waals surface area contributed by atoms with Crippen LogP contribution >= 0.6 is 0 Å². The Hall–Kier alpha value is -2.48. The number of ether oxygens (including phenoxy) is 1. The second-order valence-electron chi connectivity index (χ2n) is 4.76. The van der Waals surface area contributed by atoms with Crippen LogP contribution in [0.1, 0.15) is 5.56 Å². The van der Waals surface area contributed by atoms with E-state index in [1.54, 1.807) is 0 Å². The van der Waals surface area contributed by atoms with E-state index < -0.39 is 0 Å². The molecular weight excluding hydrogens is 246 g/mol. The molecule has 0 radical (unpaired) electrons. The topological polar surface area (TPSA) is 12.5 Å². The molecule has 2 aromatic carbocycles. The fourth-order valence-electron chi connectivity index (χ4n) is 2.15. The van der Waals surface area contributed by atoms with Crippen molar-refractivity contribution in [2.75, 3.05) is 6.54 Å². The smallest absolute Gasteiger partial charge is 0.127 e. The second kappa shape index (κ2) is 6.11. The molecule has 0 fully saturated rings. The zero-order valence-corrected chi connectivity index (χ0v) is 11.3. The van der Waals surface area contributed by atoms with E-state index in [1.807, 2.05) is 42.5 Å². The molecule has 1 heterocycles. The lowest BCUT2D eigenvalue weighted by atomic mass is 10.2. The van der Waals surface area contributed by atoms with Crippen LogP contribution in [0.15, 0.2) is 79.0 Å². The highest BCUT2D eigenvalue weighted by atomic mass is 16.5. The molecule has 0 aromatic heterocycles. The third-order valence-electron chi connectivity index (χ3n) is 3.17. The first kappa shape index (κ1) is 12.5. The van der Waals surface area contributed by atoms with Gasteiger partial charge in [0.05, 0.1) is 0 Å². The Morgan fingerprint density at radius 3 is 2.30 bits per heavy atom. The highest BCUT2D eigenvalue weighted by Gasteiger charge is 2.02. The molecule has 0 atom stereocenters. The summed E-state index contributed by atoms with van der Waals surface area (Å²) < 4.78 is 5.78. The van der Waals surface area contributed by atoms with E-state index in [1.165, 1.54) is 5.56 Å². The van der Waals surface area contributed by atoms with Crippen molar-refractivity contribution in [3.05, 3.63) is 84.6 Å². The van der Waals surface area contributed by atoms with Gasteiger partial charge >= 0.3 is 0 Å². The normalized spacial score (nSPS) is 13.5. The summed E-state index contributed by atoms with van der Waals surface area (Å²) in [5.41, 5.74) is 1.28. The van der Waals surface area contributed by atoms with E-state index in [0.717, 1.165) is 24.6 Å². The van der Waals surface area contributed by atoms with Crippen LogP contribution in [0.2, 0.25) is 0 Å². The molecule has 0 amide bonds. The quantitative estimate of drug-likeness (QED) is 0.812. The van der Waals surface area contributed by atoms with Crippen LogP contribution in [0.3, 0.4) is 0 Å². The number of benzene rings is 2. The van der Waals surface area contributed by atoms with Gasteiger partial charge in [-0.1, -0.05) is 42.5 Å². The van der Waals surface area contributed by atoms with Crippen molar-refractivity contribution in [3.63, 3.8) is 0 Å². The fourth-order valence-corrected chi connectivity index (χ4v) is 2.15. The zero-order valence-electron chi connectivity index (χ0n) is 11.3. The van der Waals surface area contributed by atoms with Crippen LogP contribution in [0.25, 0.3) is 0 Å². The van der Waals surface area contributed by atoms with Gasteiger partial charge in [0.25, 0.3) is 0 Å². The van der Waals surface area contributed by atoms with Gasteiger partial charge in [0, 0.05) is 13.1 Å². The van der Waals surface area contributed by atoms with Crippen molar-refractivity contribution in [2.45, 2.75) is 6.54 Å². The summed E-state index contributed by atoms with van der Waals surface area (Å²) in [6, 6.07) is 18.1. The Morgan fingerprint density at radius 1 is 0.850 bits per heavy atom. The van der Waals surface area contributed by atoms with Crippen LogP contribution in [0.4, 0.5) is 0 Å². The van der Waals surface area contributed by atoms with Crippen molar-refractivity contribution in [1.82, 2.24) is 4.90 Å².